The lowest BCUT2D eigenvalue weighted by atomic mass is 9.91. The van der Waals surface area contributed by atoms with Crippen LogP contribution in [0.5, 0.6) is 0 Å². The molecule has 0 atom stereocenters. The standard InChI is InChI=1S/C10H12F3N2O3/c11-10(12,13)3-6-15-4-1-9(2-5-15)7(16)14-8(17)18-9/h1-6H2. The predicted molar refractivity (Wildman–Crippen MR) is 52.7 cm³/mol. The highest BCUT2D eigenvalue weighted by Gasteiger charge is 2.51. The number of carbonyl (C=O) groups is 2. The summed E-state index contributed by atoms with van der Waals surface area (Å²) in [5.41, 5.74) is -1.22. The van der Waals surface area contributed by atoms with Gasteiger partial charge in [-0.15, -0.1) is 5.32 Å². The molecular formula is C10H12F3N2O3. The van der Waals surface area contributed by atoms with E-state index in [4.69, 9.17) is 4.74 Å². The Balaban J connectivity index is 1.85. The van der Waals surface area contributed by atoms with Gasteiger partial charge >= 0.3 is 12.3 Å². The van der Waals surface area contributed by atoms with E-state index in [0.717, 1.165) is 0 Å². The molecule has 0 aliphatic carbocycles. The number of rotatable bonds is 2. The average molecular weight is 265 g/mol. The molecule has 0 unspecified atom stereocenters. The van der Waals surface area contributed by atoms with Crippen molar-refractivity contribution in [2.45, 2.75) is 31.0 Å². The van der Waals surface area contributed by atoms with Crippen molar-refractivity contribution >= 4 is 12.0 Å². The Morgan fingerprint density at radius 2 is 1.89 bits per heavy atom. The first-order chi connectivity index (χ1) is 8.31. The maximum Gasteiger partial charge on any atom is 0.437 e. The number of amides is 2. The number of alkyl halides is 3. The molecular weight excluding hydrogens is 253 g/mol. The van der Waals surface area contributed by atoms with Crippen LogP contribution in [0.15, 0.2) is 0 Å². The van der Waals surface area contributed by atoms with Crippen LogP contribution in [-0.4, -0.2) is 48.3 Å². The lowest BCUT2D eigenvalue weighted by Crippen LogP contribution is -2.49. The molecule has 0 saturated carbocycles. The summed E-state index contributed by atoms with van der Waals surface area (Å²) in [4.78, 5) is 24.0. The van der Waals surface area contributed by atoms with E-state index >= 15 is 0 Å². The first-order valence-corrected chi connectivity index (χ1v) is 5.59. The van der Waals surface area contributed by atoms with Gasteiger partial charge in [0.2, 0.25) is 0 Å². The average Bonchev–Trinajstić information content (AvgIpc) is 2.52. The maximum atomic E-state index is 12.1. The minimum absolute atomic E-state index is 0.0984. The zero-order valence-electron chi connectivity index (χ0n) is 9.50. The second-order valence-electron chi connectivity index (χ2n) is 4.49. The molecule has 5 nitrogen and oxygen atoms in total. The van der Waals surface area contributed by atoms with E-state index in [2.05, 4.69) is 5.32 Å². The summed E-state index contributed by atoms with van der Waals surface area (Å²) in [7, 11) is 0. The normalized spacial score (nSPS) is 24.2. The van der Waals surface area contributed by atoms with Crippen molar-refractivity contribution in [2.75, 3.05) is 19.6 Å². The summed E-state index contributed by atoms with van der Waals surface area (Å²) in [6.45, 7) is 0.494. The van der Waals surface area contributed by atoms with Gasteiger partial charge in [-0.2, -0.15) is 13.2 Å². The first-order valence-electron chi connectivity index (χ1n) is 5.59. The molecule has 0 aromatic carbocycles. The molecule has 0 aromatic rings. The van der Waals surface area contributed by atoms with E-state index in [9.17, 15) is 22.8 Å². The highest BCUT2D eigenvalue weighted by Crippen LogP contribution is 2.31. The van der Waals surface area contributed by atoms with Gasteiger partial charge in [-0.1, -0.05) is 0 Å². The van der Waals surface area contributed by atoms with Crippen molar-refractivity contribution in [1.29, 1.82) is 0 Å². The fourth-order valence-electron chi connectivity index (χ4n) is 2.16. The number of carbonyl (C=O) groups excluding carboxylic acids is 2. The molecule has 0 aromatic heterocycles. The van der Waals surface area contributed by atoms with Crippen molar-refractivity contribution in [3.05, 3.63) is 0 Å². The van der Waals surface area contributed by atoms with Crippen molar-refractivity contribution < 1.29 is 27.5 Å². The molecule has 1 spiro atoms. The number of halogens is 3. The number of ether oxygens (including phenoxy) is 1. The van der Waals surface area contributed by atoms with Crippen LogP contribution in [-0.2, 0) is 9.53 Å². The molecule has 2 aliphatic rings. The molecule has 0 bridgehead atoms. The third-order valence-corrected chi connectivity index (χ3v) is 3.24. The zero-order chi connectivity index (χ0) is 13.4. The highest BCUT2D eigenvalue weighted by atomic mass is 19.4. The summed E-state index contributed by atoms with van der Waals surface area (Å²) in [6, 6.07) is 0. The SMILES string of the molecule is O=C1[N]C(=O)C2(CCN(CCC(F)(F)F)CC2)O1. The summed E-state index contributed by atoms with van der Waals surface area (Å²) < 4.78 is 41.1. The Labute approximate surface area is 101 Å². The predicted octanol–water partition coefficient (Wildman–Crippen LogP) is 1.05. The highest BCUT2D eigenvalue weighted by molar-refractivity contribution is 6.02. The second-order valence-corrected chi connectivity index (χ2v) is 4.49. The summed E-state index contributed by atoms with van der Waals surface area (Å²) >= 11 is 0. The Bertz CT molecular complexity index is 362. The van der Waals surface area contributed by atoms with Crippen LogP contribution in [0.1, 0.15) is 19.3 Å². The Morgan fingerprint density at radius 3 is 2.33 bits per heavy atom. The van der Waals surface area contributed by atoms with E-state index in [1.54, 1.807) is 4.90 Å². The van der Waals surface area contributed by atoms with Gasteiger partial charge in [-0.25, -0.2) is 4.79 Å². The monoisotopic (exact) mass is 265 g/mol. The number of nitrogens with zero attached hydrogens (tertiary/aromatic N) is 2. The van der Waals surface area contributed by atoms with E-state index < -0.39 is 30.2 Å². The van der Waals surface area contributed by atoms with Gasteiger partial charge in [0.1, 0.15) is 0 Å². The second kappa shape index (κ2) is 4.42. The quantitative estimate of drug-likeness (QED) is 0.749. The van der Waals surface area contributed by atoms with Gasteiger partial charge < -0.3 is 9.64 Å². The molecule has 2 rings (SSSR count). The maximum absolute atomic E-state index is 12.1. The third kappa shape index (κ3) is 2.74. The summed E-state index contributed by atoms with van der Waals surface area (Å²) in [5.74, 6) is -0.608. The van der Waals surface area contributed by atoms with Crippen LogP contribution in [0.4, 0.5) is 18.0 Å². The number of piperidine rings is 1. The largest absolute Gasteiger partial charge is 0.437 e. The molecule has 8 heteroatoms. The van der Waals surface area contributed by atoms with Gasteiger partial charge in [0.15, 0.2) is 5.60 Å². The smallest absolute Gasteiger partial charge is 0.431 e. The molecule has 2 amide bonds. The van der Waals surface area contributed by atoms with Gasteiger partial charge in [0.05, 0.1) is 6.42 Å². The molecule has 1 radical (unpaired) electrons. The van der Waals surface area contributed by atoms with Crippen molar-refractivity contribution in [2.24, 2.45) is 0 Å². The topological polar surface area (TPSA) is 60.7 Å². The third-order valence-electron chi connectivity index (χ3n) is 3.24. The van der Waals surface area contributed by atoms with E-state index in [-0.39, 0.29) is 19.4 Å². The van der Waals surface area contributed by atoms with Gasteiger partial charge in [0, 0.05) is 32.5 Å². The fourth-order valence-corrected chi connectivity index (χ4v) is 2.16. The van der Waals surface area contributed by atoms with Crippen LogP contribution < -0.4 is 5.32 Å². The number of hydrogen-bond acceptors (Lipinski definition) is 4. The number of hydrogen-bond donors (Lipinski definition) is 0. The molecule has 101 valence electrons. The summed E-state index contributed by atoms with van der Waals surface area (Å²) in [5, 5.41) is 3.18. The van der Waals surface area contributed by atoms with Crippen LogP contribution >= 0.6 is 0 Å². The lowest BCUT2D eigenvalue weighted by molar-refractivity contribution is -0.143. The van der Waals surface area contributed by atoms with Crippen LogP contribution in [0, 0.1) is 0 Å². The lowest BCUT2D eigenvalue weighted by Gasteiger charge is -2.35. The van der Waals surface area contributed by atoms with Crippen LogP contribution in [0.3, 0.4) is 0 Å². The molecule has 2 aliphatic heterocycles. The fraction of sp³-hybridized carbons (Fsp3) is 0.800. The van der Waals surface area contributed by atoms with Gasteiger partial charge in [-0.3, -0.25) is 4.79 Å². The van der Waals surface area contributed by atoms with E-state index in [0.29, 0.717) is 13.1 Å². The van der Waals surface area contributed by atoms with E-state index in [1.807, 2.05) is 0 Å². The van der Waals surface area contributed by atoms with Crippen molar-refractivity contribution in [3.63, 3.8) is 0 Å². The molecule has 2 saturated heterocycles. The number of likely N-dealkylation sites (tertiary alicyclic amines) is 1. The molecule has 18 heavy (non-hydrogen) atoms. The minimum Gasteiger partial charge on any atom is -0.431 e. The zero-order valence-corrected chi connectivity index (χ0v) is 9.50. The van der Waals surface area contributed by atoms with Gasteiger partial charge in [-0.05, 0) is 0 Å². The molecule has 0 N–H and O–H groups in total. The van der Waals surface area contributed by atoms with Crippen molar-refractivity contribution in [3.8, 4) is 0 Å². The van der Waals surface area contributed by atoms with E-state index in [1.165, 1.54) is 0 Å². The Morgan fingerprint density at radius 1 is 1.28 bits per heavy atom. The Kier molecular flexibility index (Phi) is 3.22. The van der Waals surface area contributed by atoms with Crippen LogP contribution in [0.25, 0.3) is 0 Å². The number of imide groups is 1. The first kappa shape index (κ1) is 13.1. The van der Waals surface area contributed by atoms with Gasteiger partial charge in [0.25, 0.3) is 5.91 Å². The summed E-state index contributed by atoms with van der Waals surface area (Å²) in [6.07, 6.45) is -5.54. The molecule has 2 heterocycles. The molecule has 2 fully saturated rings. The minimum atomic E-state index is -4.18. The van der Waals surface area contributed by atoms with Crippen molar-refractivity contribution in [1.82, 2.24) is 10.2 Å². The van der Waals surface area contributed by atoms with Crippen LogP contribution in [0.2, 0.25) is 0 Å². The Hall–Kier alpha value is -1.31.